The van der Waals surface area contributed by atoms with Gasteiger partial charge in [0.1, 0.15) is 5.69 Å². The van der Waals surface area contributed by atoms with Crippen LogP contribution in [0.3, 0.4) is 0 Å². The van der Waals surface area contributed by atoms with E-state index in [-0.39, 0.29) is 16.7 Å². The number of hydrogen-bond acceptors (Lipinski definition) is 4. The van der Waals surface area contributed by atoms with E-state index in [0.29, 0.717) is 10.7 Å². The summed E-state index contributed by atoms with van der Waals surface area (Å²) in [7, 11) is 2.08. The zero-order chi connectivity index (χ0) is 13.1. The smallest absolute Gasteiger partial charge is 0.292 e. The number of nitrogens with one attached hydrogen (secondary N) is 1. The summed E-state index contributed by atoms with van der Waals surface area (Å²) in [6.45, 7) is 2.01. The van der Waals surface area contributed by atoms with Crippen molar-refractivity contribution in [3.8, 4) is 0 Å². The minimum absolute atomic E-state index is 0.0818. The van der Waals surface area contributed by atoms with Gasteiger partial charge in [-0.25, -0.2) is 0 Å². The van der Waals surface area contributed by atoms with E-state index in [1.165, 1.54) is 6.07 Å². The predicted octanol–water partition coefficient (Wildman–Crippen LogP) is 2.75. The molecule has 0 aromatic heterocycles. The third-order valence-electron chi connectivity index (χ3n) is 3.23. The third-order valence-corrected chi connectivity index (χ3v) is 3.47. The molecule has 1 N–H and O–H groups in total. The van der Waals surface area contributed by atoms with E-state index in [2.05, 4.69) is 17.3 Å². The van der Waals surface area contributed by atoms with Gasteiger partial charge in [-0.05, 0) is 45.1 Å². The molecule has 18 heavy (non-hydrogen) atoms. The molecule has 0 aliphatic carbocycles. The topological polar surface area (TPSA) is 58.4 Å². The summed E-state index contributed by atoms with van der Waals surface area (Å²) >= 11 is 5.89. The van der Waals surface area contributed by atoms with Gasteiger partial charge in [0.2, 0.25) is 0 Å². The Bertz CT molecular complexity index is 445. The molecule has 0 unspecified atom stereocenters. The summed E-state index contributed by atoms with van der Waals surface area (Å²) in [6.07, 6.45) is 1.97. The maximum atomic E-state index is 10.9. The summed E-state index contributed by atoms with van der Waals surface area (Å²) in [6, 6.07) is 4.88. The van der Waals surface area contributed by atoms with E-state index in [0.717, 1.165) is 25.9 Å². The van der Waals surface area contributed by atoms with Crippen molar-refractivity contribution in [1.29, 1.82) is 0 Å². The average Bonchev–Trinajstić information content (AvgIpc) is 2.32. The average molecular weight is 270 g/mol. The zero-order valence-corrected chi connectivity index (χ0v) is 11.0. The molecule has 1 aliphatic rings. The lowest BCUT2D eigenvalue weighted by Gasteiger charge is -2.30. The molecule has 0 radical (unpaired) electrons. The lowest BCUT2D eigenvalue weighted by Crippen LogP contribution is -2.36. The Kier molecular flexibility index (Phi) is 4.04. The molecule has 1 fully saturated rings. The fourth-order valence-electron chi connectivity index (χ4n) is 2.16. The zero-order valence-electron chi connectivity index (χ0n) is 10.2. The van der Waals surface area contributed by atoms with E-state index >= 15 is 0 Å². The molecule has 1 aromatic rings. The van der Waals surface area contributed by atoms with Gasteiger partial charge in [0.05, 0.1) is 4.92 Å². The van der Waals surface area contributed by atoms with Crippen molar-refractivity contribution in [1.82, 2.24) is 4.90 Å². The molecule has 6 heteroatoms. The highest BCUT2D eigenvalue weighted by Crippen LogP contribution is 2.29. The van der Waals surface area contributed by atoms with Crippen LogP contribution in [0.5, 0.6) is 0 Å². The Balaban J connectivity index is 2.12. The summed E-state index contributed by atoms with van der Waals surface area (Å²) < 4.78 is 0. The van der Waals surface area contributed by atoms with Crippen LogP contribution in [0, 0.1) is 10.1 Å². The fourth-order valence-corrected chi connectivity index (χ4v) is 2.33. The van der Waals surface area contributed by atoms with E-state index in [1.807, 2.05) is 0 Å². The van der Waals surface area contributed by atoms with Gasteiger partial charge in [-0.3, -0.25) is 10.1 Å². The second-order valence-corrected chi connectivity index (χ2v) is 5.08. The van der Waals surface area contributed by atoms with Crippen molar-refractivity contribution in [3.05, 3.63) is 33.3 Å². The molecule has 5 nitrogen and oxygen atoms in total. The van der Waals surface area contributed by atoms with Gasteiger partial charge in [-0.15, -0.1) is 0 Å². The van der Waals surface area contributed by atoms with E-state index in [1.54, 1.807) is 12.1 Å². The monoisotopic (exact) mass is 269 g/mol. The first-order chi connectivity index (χ1) is 8.56. The molecular weight excluding hydrogens is 254 g/mol. The van der Waals surface area contributed by atoms with Gasteiger partial charge in [0.25, 0.3) is 5.69 Å². The highest BCUT2D eigenvalue weighted by atomic mass is 35.5. The maximum absolute atomic E-state index is 10.9. The number of anilines is 1. The number of nitro groups is 1. The van der Waals surface area contributed by atoms with Crippen LogP contribution in [0.1, 0.15) is 12.8 Å². The first kappa shape index (κ1) is 13.1. The van der Waals surface area contributed by atoms with Crippen LogP contribution < -0.4 is 5.32 Å². The van der Waals surface area contributed by atoms with Gasteiger partial charge in [0.15, 0.2) is 0 Å². The minimum Gasteiger partial charge on any atom is -0.377 e. The van der Waals surface area contributed by atoms with Crippen LogP contribution in [0.4, 0.5) is 11.4 Å². The molecule has 98 valence electrons. The van der Waals surface area contributed by atoms with Crippen LogP contribution in [0.25, 0.3) is 0 Å². The maximum Gasteiger partial charge on any atom is 0.292 e. The van der Waals surface area contributed by atoms with Crippen LogP contribution in [-0.2, 0) is 0 Å². The summed E-state index contributed by atoms with van der Waals surface area (Å²) in [5.74, 6) is 0. The number of piperidine rings is 1. The van der Waals surface area contributed by atoms with Crippen molar-refractivity contribution < 1.29 is 4.92 Å². The Hall–Kier alpha value is -1.33. The number of rotatable bonds is 3. The first-order valence-corrected chi connectivity index (χ1v) is 6.33. The molecule has 0 atom stereocenters. The standard InChI is InChI=1S/C12H16ClN3O2/c1-15-6-4-10(5-7-15)14-11-8-9(13)2-3-12(11)16(17)18/h2-3,8,10,14H,4-7H2,1H3. The summed E-state index contributed by atoms with van der Waals surface area (Å²) in [5.41, 5.74) is 0.598. The van der Waals surface area contributed by atoms with Gasteiger partial charge >= 0.3 is 0 Å². The van der Waals surface area contributed by atoms with Crippen molar-refractivity contribution in [2.45, 2.75) is 18.9 Å². The summed E-state index contributed by atoms with van der Waals surface area (Å²) in [5, 5.41) is 14.7. The summed E-state index contributed by atoms with van der Waals surface area (Å²) in [4.78, 5) is 12.8. The molecule has 0 saturated carbocycles. The first-order valence-electron chi connectivity index (χ1n) is 5.95. The van der Waals surface area contributed by atoms with Crippen LogP contribution >= 0.6 is 11.6 Å². The lowest BCUT2D eigenvalue weighted by atomic mass is 10.1. The number of likely N-dealkylation sites (tertiary alicyclic amines) is 1. The predicted molar refractivity (Wildman–Crippen MR) is 72.2 cm³/mol. The van der Waals surface area contributed by atoms with Crippen molar-refractivity contribution in [2.75, 3.05) is 25.5 Å². The molecule has 2 rings (SSSR count). The quantitative estimate of drug-likeness (QED) is 0.677. The van der Waals surface area contributed by atoms with E-state index in [9.17, 15) is 10.1 Å². The molecule has 1 heterocycles. The van der Waals surface area contributed by atoms with E-state index in [4.69, 9.17) is 11.6 Å². The van der Waals surface area contributed by atoms with Crippen LogP contribution in [0.2, 0.25) is 5.02 Å². The minimum atomic E-state index is -0.381. The van der Waals surface area contributed by atoms with Gasteiger partial charge in [-0.2, -0.15) is 0 Å². The largest absolute Gasteiger partial charge is 0.377 e. The van der Waals surface area contributed by atoms with Crippen LogP contribution in [0.15, 0.2) is 18.2 Å². The molecule has 1 aromatic carbocycles. The SMILES string of the molecule is CN1CCC(Nc2cc(Cl)ccc2[N+](=O)[O-])CC1. The van der Waals surface area contributed by atoms with Gasteiger partial charge in [-0.1, -0.05) is 11.6 Å². The van der Waals surface area contributed by atoms with Crippen molar-refractivity contribution in [2.24, 2.45) is 0 Å². The number of nitro benzene ring substituents is 1. The number of hydrogen-bond donors (Lipinski definition) is 1. The Morgan fingerprint density at radius 1 is 1.44 bits per heavy atom. The normalized spacial score (nSPS) is 17.7. The van der Waals surface area contributed by atoms with Gasteiger partial charge in [0, 0.05) is 17.1 Å². The third kappa shape index (κ3) is 3.11. The molecule has 1 aliphatic heterocycles. The van der Waals surface area contributed by atoms with Crippen LogP contribution in [-0.4, -0.2) is 36.0 Å². The highest BCUT2D eigenvalue weighted by molar-refractivity contribution is 6.31. The molecule has 1 saturated heterocycles. The van der Waals surface area contributed by atoms with Crippen molar-refractivity contribution >= 4 is 23.0 Å². The fraction of sp³-hybridized carbons (Fsp3) is 0.500. The highest BCUT2D eigenvalue weighted by Gasteiger charge is 2.20. The van der Waals surface area contributed by atoms with Crippen molar-refractivity contribution in [3.63, 3.8) is 0 Å². The lowest BCUT2D eigenvalue weighted by molar-refractivity contribution is -0.384. The molecule has 0 spiro atoms. The molecule has 0 amide bonds. The molecule has 0 bridgehead atoms. The second kappa shape index (κ2) is 5.54. The Morgan fingerprint density at radius 3 is 2.72 bits per heavy atom. The number of halogens is 1. The van der Waals surface area contributed by atoms with Gasteiger partial charge < -0.3 is 10.2 Å². The number of benzene rings is 1. The number of nitrogens with zero attached hydrogens (tertiary/aromatic N) is 2. The van der Waals surface area contributed by atoms with E-state index < -0.39 is 0 Å². The second-order valence-electron chi connectivity index (χ2n) is 4.64. The Morgan fingerprint density at radius 2 is 2.11 bits per heavy atom. The molecular formula is C12H16ClN3O2. The Labute approximate surface area is 111 Å².